The van der Waals surface area contributed by atoms with Gasteiger partial charge in [0.15, 0.2) is 11.4 Å². The van der Waals surface area contributed by atoms with Crippen molar-refractivity contribution in [3.63, 3.8) is 0 Å². The van der Waals surface area contributed by atoms with Gasteiger partial charge in [-0.25, -0.2) is 4.79 Å². The Morgan fingerprint density at radius 2 is 2.19 bits per heavy atom. The quantitative estimate of drug-likeness (QED) is 0.743. The molecule has 2 aromatic rings. The zero-order valence-electron chi connectivity index (χ0n) is 9.32. The van der Waals surface area contributed by atoms with Crippen LogP contribution in [0.4, 0.5) is 0 Å². The lowest BCUT2D eigenvalue weighted by molar-refractivity contribution is 0.101. The van der Waals surface area contributed by atoms with Crippen LogP contribution in [0, 0.1) is 0 Å². The summed E-state index contributed by atoms with van der Waals surface area (Å²) < 4.78 is 6.68. The van der Waals surface area contributed by atoms with E-state index < -0.39 is 0 Å². The van der Waals surface area contributed by atoms with Gasteiger partial charge in [-0.1, -0.05) is 6.92 Å². The number of fused-ring (bicyclic) bond motifs is 1. The fourth-order valence-electron chi connectivity index (χ4n) is 1.72. The van der Waals surface area contributed by atoms with Crippen molar-refractivity contribution in [2.24, 2.45) is 0 Å². The van der Waals surface area contributed by atoms with Gasteiger partial charge in [-0.3, -0.25) is 9.36 Å². The van der Waals surface area contributed by atoms with Crippen LogP contribution in [0.25, 0.3) is 11.1 Å². The number of oxazole rings is 1. The van der Waals surface area contributed by atoms with E-state index in [4.69, 9.17) is 4.42 Å². The van der Waals surface area contributed by atoms with Crippen LogP contribution in [0.5, 0.6) is 0 Å². The molecule has 0 radical (unpaired) electrons. The van der Waals surface area contributed by atoms with Gasteiger partial charge >= 0.3 is 5.76 Å². The zero-order valence-corrected chi connectivity index (χ0v) is 9.32. The fourth-order valence-corrected chi connectivity index (χ4v) is 1.72. The third-order valence-corrected chi connectivity index (χ3v) is 2.52. The molecule has 2 rings (SSSR count). The highest BCUT2D eigenvalue weighted by molar-refractivity contribution is 5.96. The number of benzene rings is 1. The molecule has 0 saturated heterocycles. The first-order chi connectivity index (χ1) is 7.63. The van der Waals surface area contributed by atoms with Gasteiger partial charge in [0, 0.05) is 12.1 Å². The highest BCUT2D eigenvalue weighted by Gasteiger charge is 2.10. The monoisotopic (exact) mass is 219 g/mol. The average Bonchev–Trinajstić information content (AvgIpc) is 2.55. The van der Waals surface area contributed by atoms with E-state index in [0.29, 0.717) is 17.7 Å². The first-order valence-electron chi connectivity index (χ1n) is 5.28. The van der Waals surface area contributed by atoms with Crippen LogP contribution in [0.15, 0.2) is 27.4 Å². The predicted octanol–water partition coefficient (Wildman–Crippen LogP) is 2.21. The Morgan fingerprint density at radius 1 is 1.44 bits per heavy atom. The Balaban J connectivity index is 2.65. The number of carbonyl (C=O) groups is 1. The Bertz CT molecular complexity index is 592. The molecule has 1 heterocycles. The molecule has 0 aliphatic carbocycles. The van der Waals surface area contributed by atoms with Crippen LogP contribution >= 0.6 is 0 Å². The lowest BCUT2D eigenvalue weighted by Crippen LogP contribution is -2.13. The Hall–Kier alpha value is -1.84. The lowest BCUT2D eigenvalue weighted by Gasteiger charge is -1.98. The lowest BCUT2D eigenvalue weighted by atomic mass is 10.1. The molecule has 0 aliphatic heterocycles. The molecule has 0 saturated carbocycles. The van der Waals surface area contributed by atoms with Gasteiger partial charge in [-0.05, 0) is 31.5 Å². The maximum absolute atomic E-state index is 11.5. The molecular weight excluding hydrogens is 206 g/mol. The summed E-state index contributed by atoms with van der Waals surface area (Å²) in [7, 11) is 0. The van der Waals surface area contributed by atoms with Crippen molar-refractivity contribution in [3.05, 3.63) is 34.3 Å². The van der Waals surface area contributed by atoms with E-state index in [0.717, 1.165) is 11.9 Å². The van der Waals surface area contributed by atoms with E-state index in [1.807, 2.05) is 6.92 Å². The fraction of sp³-hybridized carbons (Fsp3) is 0.333. The van der Waals surface area contributed by atoms with Crippen LogP contribution in [0.2, 0.25) is 0 Å². The number of aromatic nitrogens is 1. The summed E-state index contributed by atoms with van der Waals surface area (Å²) in [5.74, 6) is -0.398. The van der Waals surface area contributed by atoms with Gasteiger partial charge < -0.3 is 4.42 Å². The van der Waals surface area contributed by atoms with Gasteiger partial charge in [-0.2, -0.15) is 0 Å². The number of aryl methyl sites for hydroxylation is 1. The molecule has 0 amide bonds. The molecule has 0 aliphatic rings. The Morgan fingerprint density at radius 3 is 2.81 bits per heavy atom. The smallest absolute Gasteiger partial charge is 0.408 e. The molecule has 4 nitrogen and oxygen atoms in total. The van der Waals surface area contributed by atoms with E-state index >= 15 is 0 Å². The van der Waals surface area contributed by atoms with E-state index in [1.54, 1.807) is 22.8 Å². The molecular formula is C12H13NO3. The summed E-state index contributed by atoms with van der Waals surface area (Å²) in [6, 6.07) is 5.09. The summed E-state index contributed by atoms with van der Waals surface area (Å²) in [6.07, 6.45) is 0.864. The highest BCUT2D eigenvalue weighted by atomic mass is 16.4. The topological polar surface area (TPSA) is 52.2 Å². The number of carbonyl (C=O) groups excluding carboxylic acids is 1. The number of rotatable bonds is 3. The van der Waals surface area contributed by atoms with E-state index in [2.05, 4.69) is 0 Å². The summed E-state index contributed by atoms with van der Waals surface area (Å²) in [6.45, 7) is 4.11. The first kappa shape index (κ1) is 10.7. The average molecular weight is 219 g/mol. The summed E-state index contributed by atoms with van der Waals surface area (Å²) in [4.78, 5) is 22.7. The molecule has 84 valence electrons. The molecule has 1 aromatic carbocycles. The molecule has 4 heteroatoms. The van der Waals surface area contributed by atoms with Crippen molar-refractivity contribution in [1.29, 1.82) is 0 Å². The maximum Gasteiger partial charge on any atom is 0.419 e. The van der Waals surface area contributed by atoms with Crippen molar-refractivity contribution in [2.45, 2.75) is 26.8 Å². The van der Waals surface area contributed by atoms with Crippen molar-refractivity contribution in [1.82, 2.24) is 4.57 Å². The molecule has 0 spiro atoms. The van der Waals surface area contributed by atoms with Gasteiger partial charge in [0.25, 0.3) is 0 Å². The van der Waals surface area contributed by atoms with E-state index in [9.17, 15) is 9.59 Å². The number of hydrogen-bond donors (Lipinski definition) is 0. The molecule has 0 bridgehead atoms. The summed E-state index contributed by atoms with van der Waals surface area (Å²) >= 11 is 0. The van der Waals surface area contributed by atoms with Crippen LogP contribution < -0.4 is 5.76 Å². The maximum atomic E-state index is 11.5. The molecule has 1 aromatic heterocycles. The second kappa shape index (κ2) is 3.96. The van der Waals surface area contributed by atoms with E-state index in [1.165, 1.54) is 6.92 Å². The molecule has 16 heavy (non-hydrogen) atoms. The van der Waals surface area contributed by atoms with Gasteiger partial charge in [-0.15, -0.1) is 0 Å². The number of ketones is 1. The first-order valence-corrected chi connectivity index (χ1v) is 5.28. The molecule has 0 atom stereocenters. The van der Waals surface area contributed by atoms with Crippen LogP contribution in [0.3, 0.4) is 0 Å². The molecule has 0 unspecified atom stereocenters. The summed E-state index contributed by atoms with van der Waals surface area (Å²) in [5.41, 5.74) is 1.79. The standard InChI is InChI=1S/C12H13NO3/c1-3-6-13-10-5-4-9(8(2)14)7-11(10)16-12(13)15/h4-5,7H,3,6H2,1-2H3. The minimum absolute atomic E-state index is 0.0345. The zero-order chi connectivity index (χ0) is 11.7. The van der Waals surface area contributed by atoms with Gasteiger partial charge in [0.05, 0.1) is 5.52 Å². The van der Waals surface area contributed by atoms with E-state index in [-0.39, 0.29) is 11.5 Å². The number of Topliss-reactive ketones (excluding diaryl/α,β-unsaturated/α-hetero) is 1. The van der Waals surface area contributed by atoms with Gasteiger partial charge in [0.1, 0.15) is 0 Å². The third-order valence-electron chi connectivity index (χ3n) is 2.52. The van der Waals surface area contributed by atoms with Crippen LogP contribution in [-0.2, 0) is 6.54 Å². The predicted molar refractivity (Wildman–Crippen MR) is 60.8 cm³/mol. The summed E-state index contributed by atoms with van der Waals surface area (Å²) in [5, 5.41) is 0. The Kier molecular flexibility index (Phi) is 2.64. The van der Waals surface area contributed by atoms with Crippen molar-refractivity contribution < 1.29 is 9.21 Å². The minimum Gasteiger partial charge on any atom is -0.408 e. The van der Waals surface area contributed by atoms with Crippen LogP contribution in [-0.4, -0.2) is 10.4 Å². The molecule has 0 fully saturated rings. The highest BCUT2D eigenvalue weighted by Crippen LogP contribution is 2.15. The van der Waals surface area contributed by atoms with Crippen LogP contribution in [0.1, 0.15) is 30.6 Å². The van der Waals surface area contributed by atoms with Crippen molar-refractivity contribution in [3.8, 4) is 0 Å². The Labute approximate surface area is 92.5 Å². The van der Waals surface area contributed by atoms with Crippen molar-refractivity contribution in [2.75, 3.05) is 0 Å². The van der Waals surface area contributed by atoms with Crippen molar-refractivity contribution >= 4 is 16.9 Å². The minimum atomic E-state index is -0.363. The molecule has 0 N–H and O–H groups in total. The second-order valence-electron chi connectivity index (χ2n) is 3.76. The SMILES string of the molecule is CCCn1c(=O)oc2cc(C(C)=O)ccc21. The van der Waals surface area contributed by atoms with Gasteiger partial charge in [0.2, 0.25) is 0 Å². The number of hydrogen-bond acceptors (Lipinski definition) is 3. The largest absolute Gasteiger partial charge is 0.419 e. The normalized spacial score (nSPS) is 10.9. The third kappa shape index (κ3) is 1.66. The number of nitrogens with zero attached hydrogens (tertiary/aromatic N) is 1. The second-order valence-corrected chi connectivity index (χ2v) is 3.76.